The van der Waals surface area contributed by atoms with Crippen LogP contribution in [-0.2, 0) is 11.0 Å². The van der Waals surface area contributed by atoms with Crippen molar-refractivity contribution in [3.05, 3.63) is 16.1 Å². The Morgan fingerprint density at radius 2 is 2.15 bits per heavy atom. The summed E-state index contributed by atoms with van der Waals surface area (Å²) in [7, 11) is -1.79. The molecule has 8 heteroatoms. The molecule has 0 radical (unpaired) electrons. The lowest BCUT2D eigenvalue weighted by Gasteiger charge is -2.38. The van der Waals surface area contributed by atoms with E-state index in [9.17, 15) is 4.79 Å². The molecule has 6 nitrogen and oxygen atoms in total. The fourth-order valence-corrected chi connectivity index (χ4v) is 5.66. The highest BCUT2D eigenvalue weighted by Crippen LogP contribution is 2.40. The average Bonchev–Trinajstić information content (AvgIpc) is 3.13. The third kappa shape index (κ3) is 4.13. The Bertz CT molecular complexity index is 658. The summed E-state index contributed by atoms with van der Waals surface area (Å²) in [6.45, 7) is 17.8. The second-order valence-corrected chi connectivity index (χ2v) is 14.9. The van der Waals surface area contributed by atoms with E-state index in [1.807, 2.05) is 11.1 Å². The van der Waals surface area contributed by atoms with Crippen LogP contribution >= 0.6 is 11.3 Å². The quantitative estimate of drug-likeness (QED) is 0.775. The molecule has 2 aliphatic heterocycles. The molecule has 1 aromatic heterocycles. The van der Waals surface area contributed by atoms with Gasteiger partial charge in [0.15, 0.2) is 8.32 Å². The van der Waals surface area contributed by atoms with Crippen LogP contribution in [0.2, 0.25) is 18.1 Å². The molecule has 2 atom stereocenters. The van der Waals surface area contributed by atoms with Crippen molar-refractivity contribution >= 4 is 25.7 Å². The van der Waals surface area contributed by atoms with Gasteiger partial charge < -0.3 is 14.6 Å². The lowest BCUT2D eigenvalue weighted by Crippen LogP contribution is -2.51. The van der Waals surface area contributed by atoms with Crippen molar-refractivity contribution in [3.63, 3.8) is 0 Å². The van der Waals surface area contributed by atoms with Crippen molar-refractivity contribution < 1.29 is 9.22 Å². The minimum absolute atomic E-state index is 0.0446. The van der Waals surface area contributed by atoms with E-state index in [1.165, 1.54) is 4.88 Å². The predicted molar refractivity (Wildman–Crippen MR) is 108 cm³/mol. The van der Waals surface area contributed by atoms with E-state index in [4.69, 9.17) is 4.43 Å². The number of piperazine rings is 1. The van der Waals surface area contributed by atoms with Gasteiger partial charge in [0.05, 0.1) is 12.1 Å². The molecule has 0 unspecified atom stereocenters. The molecule has 2 saturated heterocycles. The number of nitrogens with one attached hydrogen (secondary N) is 1. The summed E-state index contributed by atoms with van der Waals surface area (Å²) in [5, 5.41) is 4.21. The number of fused-ring (bicyclic) bond motifs is 1. The van der Waals surface area contributed by atoms with Gasteiger partial charge in [-0.05, 0) is 25.1 Å². The van der Waals surface area contributed by atoms with Crippen LogP contribution in [0.3, 0.4) is 0 Å². The van der Waals surface area contributed by atoms with Gasteiger partial charge in [0, 0.05) is 43.8 Å². The number of hydrogen-bond donors (Lipinski definition) is 1. The summed E-state index contributed by atoms with van der Waals surface area (Å²) >= 11 is 1.76. The summed E-state index contributed by atoms with van der Waals surface area (Å²) in [6, 6.07) is 0.399. The van der Waals surface area contributed by atoms with E-state index >= 15 is 0 Å². The number of amides is 2. The van der Waals surface area contributed by atoms with Crippen molar-refractivity contribution in [3.8, 4) is 0 Å². The minimum atomic E-state index is -1.79. The van der Waals surface area contributed by atoms with Crippen LogP contribution in [0.15, 0.2) is 6.20 Å². The topological polar surface area (TPSA) is 57.7 Å². The Labute approximate surface area is 162 Å². The summed E-state index contributed by atoms with van der Waals surface area (Å²) in [5.41, 5.74) is 0. The molecule has 2 fully saturated rings. The monoisotopic (exact) mass is 396 g/mol. The van der Waals surface area contributed by atoms with Gasteiger partial charge in [-0.15, -0.1) is 11.3 Å². The van der Waals surface area contributed by atoms with E-state index in [0.717, 1.165) is 37.7 Å². The van der Waals surface area contributed by atoms with Gasteiger partial charge in [0.25, 0.3) is 0 Å². The van der Waals surface area contributed by atoms with Gasteiger partial charge in [0.1, 0.15) is 5.01 Å². The number of nitrogens with zero attached hydrogens (tertiary/aromatic N) is 3. The fourth-order valence-electron chi connectivity index (χ4n) is 3.29. The Balaban J connectivity index is 1.57. The van der Waals surface area contributed by atoms with Crippen LogP contribution in [0.4, 0.5) is 4.79 Å². The molecule has 0 aromatic carbocycles. The first-order chi connectivity index (χ1) is 12.1. The van der Waals surface area contributed by atoms with Gasteiger partial charge in [0.2, 0.25) is 0 Å². The van der Waals surface area contributed by atoms with E-state index in [0.29, 0.717) is 6.04 Å². The highest BCUT2D eigenvalue weighted by atomic mass is 32.1. The first kappa shape index (κ1) is 19.8. The average molecular weight is 397 g/mol. The zero-order valence-corrected chi connectivity index (χ0v) is 18.7. The van der Waals surface area contributed by atoms with Crippen molar-refractivity contribution in [2.45, 2.75) is 64.5 Å². The largest absolute Gasteiger partial charge is 0.408 e. The molecule has 26 heavy (non-hydrogen) atoms. The van der Waals surface area contributed by atoms with Gasteiger partial charge in [-0.1, -0.05) is 20.8 Å². The van der Waals surface area contributed by atoms with Crippen LogP contribution < -0.4 is 5.32 Å². The van der Waals surface area contributed by atoms with Crippen LogP contribution in [-0.4, -0.2) is 61.4 Å². The maximum Gasteiger partial charge on any atom is 0.317 e. The second kappa shape index (κ2) is 7.22. The fraction of sp³-hybridized carbons (Fsp3) is 0.778. The summed E-state index contributed by atoms with van der Waals surface area (Å²) in [4.78, 5) is 22.0. The molecule has 0 saturated carbocycles. The number of hydrogen-bond acceptors (Lipinski definition) is 5. The number of aromatic nitrogens is 1. The first-order valence-corrected chi connectivity index (χ1v) is 13.2. The van der Waals surface area contributed by atoms with E-state index in [1.54, 1.807) is 11.3 Å². The van der Waals surface area contributed by atoms with Crippen LogP contribution in [0.5, 0.6) is 0 Å². The summed E-state index contributed by atoms with van der Waals surface area (Å²) < 4.78 is 6.48. The van der Waals surface area contributed by atoms with E-state index in [-0.39, 0.29) is 17.2 Å². The highest BCUT2D eigenvalue weighted by Gasteiger charge is 2.39. The zero-order valence-electron chi connectivity index (χ0n) is 16.8. The number of rotatable bonds is 5. The van der Waals surface area contributed by atoms with Crippen molar-refractivity contribution in [1.29, 1.82) is 0 Å². The SMILES string of the molecule is C[C@H](O[Si](C)(C)C(C)(C)C)c1ncc(CN2CCN3C(=O)NC[C@H]3C2)s1. The van der Waals surface area contributed by atoms with Gasteiger partial charge in [-0.3, -0.25) is 4.90 Å². The molecular formula is C18H32N4O2SSi. The number of carbonyl (C=O) groups excluding carboxylic acids is 1. The lowest BCUT2D eigenvalue weighted by molar-refractivity contribution is 0.117. The molecule has 0 bridgehead atoms. The van der Waals surface area contributed by atoms with Crippen LogP contribution in [0.25, 0.3) is 0 Å². The summed E-state index contributed by atoms with van der Waals surface area (Å²) in [5.74, 6) is 0. The Hall–Kier alpha value is -0.963. The molecule has 2 aliphatic rings. The first-order valence-electron chi connectivity index (χ1n) is 9.46. The van der Waals surface area contributed by atoms with Crippen molar-refractivity contribution in [2.75, 3.05) is 26.2 Å². The molecule has 3 rings (SSSR count). The predicted octanol–water partition coefficient (Wildman–Crippen LogP) is 3.44. The third-order valence-electron chi connectivity index (χ3n) is 5.89. The molecule has 1 N–H and O–H groups in total. The molecule has 0 spiro atoms. The minimum Gasteiger partial charge on any atom is -0.408 e. The second-order valence-electron chi connectivity index (χ2n) is 8.95. The molecular weight excluding hydrogens is 364 g/mol. The highest BCUT2D eigenvalue weighted by molar-refractivity contribution is 7.11. The third-order valence-corrected chi connectivity index (χ3v) is 11.6. The lowest BCUT2D eigenvalue weighted by atomic mass is 10.2. The molecule has 0 aliphatic carbocycles. The Kier molecular flexibility index (Phi) is 5.49. The Morgan fingerprint density at radius 3 is 2.85 bits per heavy atom. The van der Waals surface area contributed by atoms with Gasteiger partial charge in [-0.25, -0.2) is 9.78 Å². The van der Waals surface area contributed by atoms with Crippen molar-refractivity contribution in [2.24, 2.45) is 0 Å². The van der Waals surface area contributed by atoms with Gasteiger partial charge in [-0.2, -0.15) is 0 Å². The molecule has 2 amide bonds. The maximum absolute atomic E-state index is 11.7. The normalized spacial score (nSPS) is 23.1. The summed E-state index contributed by atoms with van der Waals surface area (Å²) in [6.07, 6.45) is 2.04. The standard InChI is InChI=1S/C18H32N4O2SSi/c1-13(24-26(5,6)18(2,3)4)16-19-10-15(25-16)12-21-7-8-22-14(11-21)9-20-17(22)23/h10,13-14H,7-9,11-12H2,1-6H3,(H,20,23)/t13-,14-/m0/s1. The molecule has 1 aromatic rings. The molecule has 146 valence electrons. The molecule has 3 heterocycles. The zero-order chi connectivity index (χ0) is 19.1. The number of thiazole rings is 1. The van der Waals surface area contributed by atoms with Crippen molar-refractivity contribution in [1.82, 2.24) is 20.1 Å². The van der Waals surface area contributed by atoms with Crippen LogP contribution in [0.1, 0.15) is 43.7 Å². The Morgan fingerprint density at radius 1 is 1.42 bits per heavy atom. The van der Waals surface area contributed by atoms with E-state index < -0.39 is 8.32 Å². The smallest absolute Gasteiger partial charge is 0.317 e. The van der Waals surface area contributed by atoms with E-state index in [2.05, 4.69) is 56.0 Å². The number of carbonyl (C=O) groups is 1. The van der Waals surface area contributed by atoms with Gasteiger partial charge >= 0.3 is 6.03 Å². The maximum atomic E-state index is 11.7. The van der Waals surface area contributed by atoms with Crippen LogP contribution in [0, 0.1) is 0 Å². The number of urea groups is 1.